The normalized spacial score (nSPS) is 10.6. The minimum absolute atomic E-state index is 0.906. The maximum atomic E-state index is 5.99. The van der Waals surface area contributed by atoms with Crippen molar-refractivity contribution in [3.8, 4) is 11.5 Å². The number of hydrogen-bond acceptors (Lipinski definition) is 2. The third-order valence-electron chi connectivity index (χ3n) is 3.35. The van der Waals surface area contributed by atoms with Crippen LogP contribution in [-0.2, 0) is 13.0 Å². The second kappa shape index (κ2) is 7.11. The minimum Gasteiger partial charge on any atom is -0.457 e. The van der Waals surface area contributed by atoms with Crippen molar-refractivity contribution in [3.05, 3.63) is 59.2 Å². The van der Waals surface area contributed by atoms with Crippen LogP contribution >= 0.6 is 0 Å². The Hall–Kier alpha value is -1.80. The van der Waals surface area contributed by atoms with E-state index in [-0.39, 0.29) is 0 Å². The lowest BCUT2D eigenvalue weighted by atomic mass is 10.1. The molecule has 2 aromatic rings. The number of nitrogens with one attached hydrogen (secondary N) is 1. The van der Waals surface area contributed by atoms with Gasteiger partial charge in [0.05, 0.1) is 0 Å². The monoisotopic (exact) mass is 269 g/mol. The van der Waals surface area contributed by atoms with E-state index in [1.807, 2.05) is 12.1 Å². The Morgan fingerprint density at radius 2 is 1.85 bits per heavy atom. The predicted molar refractivity (Wildman–Crippen MR) is 84.5 cm³/mol. The van der Waals surface area contributed by atoms with Crippen LogP contribution in [-0.4, -0.2) is 6.54 Å². The molecule has 0 bridgehead atoms. The van der Waals surface area contributed by atoms with Gasteiger partial charge in [0.25, 0.3) is 0 Å². The maximum absolute atomic E-state index is 5.99. The first-order valence-electron chi connectivity index (χ1n) is 7.30. The smallest absolute Gasteiger partial charge is 0.130 e. The summed E-state index contributed by atoms with van der Waals surface area (Å²) in [6, 6.07) is 14.6. The lowest BCUT2D eigenvalue weighted by Crippen LogP contribution is -2.11. The van der Waals surface area contributed by atoms with Gasteiger partial charge in [-0.2, -0.15) is 0 Å². The van der Waals surface area contributed by atoms with E-state index in [9.17, 15) is 0 Å². The molecule has 0 aliphatic carbocycles. The second-order valence-corrected chi connectivity index (χ2v) is 4.98. The highest BCUT2D eigenvalue weighted by atomic mass is 16.5. The summed E-state index contributed by atoms with van der Waals surface area (Å²) in [6.07, 6.45) is 1.03. The van der Waals surface area contributed by atoms with Crippen LogP contribution in [0.15, 0.2) is 42.5 Å². The van der Waals surface area contributed by atoms with E-state index >= 15 is 0 Å². The van der Waals surface area contributed by atoms with E-state index in [4.69, 9.17) is 4.74 Å². The highest BCUT2D eigenvalue weighted by Gasteiger charge is 2.03. The molecule has 0 atom stereocenters. The zero-order valence-electron chi connectivity index (χ0n) is 12.6. The molecule has 0 aliphatic heterocycles. The number of benzene rings is 2. The molecule has 0 unspecified atom stereocenters. The van der Waals surface area contributed by atoms with Gasteiger partial charge in [-0.15, -0.1) is 0 Å². The molecule has 0 radical (unpaired) electrons. The molecule has 106 valence electrons. The number of ether oxygens (including phenoxy) is 1. The summed E-state index contributed by atoms with van der Waals surface area (Å²) in [5.74, 6) is 1.84. The Morgan fingerprint density at radius 1 is 1.00 bits per heavy atom. The van der Waals surface area contributed by atoms with Gasteiger partial charge in [-0.1, -0.05) is 38.1 Å². The fourth-order valence-electron chi connectivity index (χ4n) is 2.16. The van der Waals surface area contributed by atoms with E-state index in [2.05, 4.69) is 56.4 Å². The number of rotatable bonds is 6. The molecule has 0 fully saturated rings. The van der Waals surface area contributed by atoms with Gasteiger partial charge < -0.3 is 10.1 Å². The lowest BCUT2D eigenvalue weighted by molar-refractivity contribution is 0.478. The molecule has 2 aromatic carbocycles. The summed E-state index contributed by atoms with van der Waals surface area (Å²) in [5.41, 5.74) is 3.75. The standard InChI is InChI=1S/C18H23NO/c1-4-15-7-6-8-17(12-15)20-18-10-9-16(11-14(18)3)13-19-5-2/h6-12,19H,4-5,13H2,1-3H3. The summed E-state index contributed by atoms with van der Waals surface area (Å²) >= 11 is 0. The van der Waals surface area contributed by atoms with Crippen molar-refractivity contribution in [3.63, 3.8) is 0 Å². The summed E-state index contributed by atoms with van der Waals surface area (Å²) in [7, 11) is 0. The lowest BCUT2D eigenvalue weighted by Gasteiger charge is -2.11. The molecule has 0 spiro atoms. The van der Waals surface area contributed by atoms with Crippen LogP contribution in [0.5, 0.6) is 11.5 Å². The number of aryl methyl sites for hydroxylation is 2. The largest absolute Gasteiger partial charge is 0.457 e. The van der Waals surface area contributed by atoms with E-state index in [1.54, 1.807) is 0 Å². The van der Waals surface area contributed by atoms with Crippen molar-refractivity contribution in [1.82, 2.24) is 5.32 Å². The molecule has 0 saturated carbocycles. The van der Waals surface area contributed by atoms with Gasteiger partial charge in [0, 0.05) is 6.54 Å². The molecule has 1 N–H and O–H groups in total. The molecular weight excluding hydrogens is 246 g/mol. The summed E-state index contributed by atoms with van der Waals surface area (Å²) in [5, 5.41) is 3.34. The van der Waals surface area contributed by atoms with Gasteiger partial charge in [0.2, 0.25) is 0 Å². The third kappa shape index (κ3) is 3.84. The van der Waals surface area contributed by atoms with Gasteiger partial charge in [0.1, 0.15) is 11.5 Å². The quantitative estimate of drug-likeness (QED) is 0.836. The van der Waals surface area contributed by atoms with Gasteiger partial charge in [-0.05, 0) is 54.8 Å². The third-order valence-corrected chi connectivity index (χ3v) is 3.35. The molecule has 20 heavy (non-hydrogen) atoms. The first-order valence-corrected chi connectivity index (χ1v) is 7.30. The Balaban J connectivity index is 2.12. The average Bonchev–Trinajstić information content (AvgIpc) is 2.48. The zero-order chi connectivity index (χ0) is 14.4. The van der Waals surface area contributed by atoms with Crippen LogP contribution in [0.2, 0.25) is 0 Å². The maximum Gasteiger partial charge on any atom is 0.130 e. The molecule has 0 saturated heterocycles. The van der Waals surface area contributed by atoms with Crippen molar-refractivity contribution in [2.45, 2.75) is 33.7 Å². The molecule has 2 rings (SSSR count). The van der Waals surface area contributed by atoms with Crippen molar-refractivity contribution in [2.75, 3.05) is 6.54 Å². The fourth-order valence-corrected chi connectivity index (χ4v) is 2.16. The van der Waals surface area contributed by atoms with Gasteiger partial charge in [-0.3, -0.25) is 0 Å². The van der Waals surface area contributed by atoms with Crippen LogP contribution in [0.1, 0.15) is 30.5 Å². The molecule has 0 aromatic heterocycles. The van der Waals surface area contributed by atoms with Gasteiger partial charge in [0.15, 0.2) is 0 Å². The average molecular weight is 269 g/mol. The first kappa shape index (κ1) is 14.6. The molecule has 2 nitrogen and oxygen atoms in total. The topological polar surface area (TPSA) is 21.3 Å². The first-order chi connectivity index (χ1) is 9.72. The fraction of sp³-hybridized carbons (Fsp3) is 0.333. The van der Waals surface area contributed by atoms with Gasteiger partial charge in [-0.25, -0.2) is 0 Å². The number of hydrogen-bond donors (Lipinski definition) is 1. The van der Waals surface area contributed by atoms with Crippen molar-refractivity contribution < 1.29 is 4.74 Å². The van der Waals surface area contributed by atoms with E-state index < -0.39 is 0 Å². The van der Waals surface area contributed by atoms with Crippen LogP contribution in [0.3, 0.4) is 0 Å². The van der Waals surface area contributed by atoms with Crippen molar-refractivity contribution >= 4 is 0 Å². The zero-order valence-corrected chi connectivity index (χ0v) is 12.6. The summed E-state index contributed by atoms with van der Waals surface area (Å²) < 4.78 is 5.99. The van der Waals surface area contributed by atoms with Crippen molar-refractivity contribution in [1.29, 1.82) is 0 Å². The van der Waals surface area contributed by atoms with Crippen LogP contribution < -0.4 is 10.1 Å². The SMILES string of the molecule is CCNCc1ccc(Oc2cccc(CC)c2)c(C)c1. The molecular formula is C18H23NO. The van der Waals surface area contributed by atoms with E-state index in [0.29, 0.717) is 0 Å². The van der Waals surface area contributed by atoms with Crippen LogP contribution in [0.4, 0.5) is 0 Å². The van der Waals surface area contributed by atoms with E-state index in [0.717, 1.165) is 31.0 Å². The van der Waals surface area contributed by atoms with Crippen LogP contribution in [0, 0.1) is 6.92 Å². The predicted octanol–water partition coefficient (Wildman–Crippen LogP) is 4.46. The molecule has 0 heterocycles. The highest BCUT2D eigenvalue weighted by molar-refractivity contribution is 5.40. The Morgan fingerprint density at radius 3 is 2.55 bits per heavy atom. The van der Waals surface area contributed by atoms with Gasteiger partial charge >= 0.3 is 0 Å². The Labute approximate surface area is 121 Å². The molecule has 0 amide bonds. The second-order valence-electron chi connectivity index (χ2n) is 4.98. The Bertz CT molecular complexity index is 563. The Kier molecular flexibility index (Phi) is 5.19. The highest BCUT2D eigenvalue weighted by Crippen LogP contribution is 2.26. The molecule has 0 aliphatic rings. The summed E-state index contributed by atoms with van der Waals surface area (Å²) in [6.45, 7) is 8.25. The summed E-state index contributed by atoms with van der Waals surface area (Å²) in [4.78, 5) is 0. The van der Waals surface area contributed by atoms with E-state index in [1.165, 1.54) is 16.7 Å². The minimum atomic E-state index is 0.906. The molecule has 2 heteroatoms. The van der Waals surface area contributed by atoms with Crippen LogP contribution in [0.25, 0.3) is 0 Å². The van der Waals surface area contributed by atoms with Crippen molar-refractivity contribution in [2.24, 2.45) is 0 Å².